The molecule has 0 saturated heterocycles. The van der Waals surface area contributed by atoms with Crippen LogP contribution >= 0.6 is 0 Å². The zero-order valence-corrected chi connectivity index (χ0v) is 39.2. The third-order valence-electron chi connectivity index (χ3n) is 15.8. The minimum atomic E-state index is -2.38. The van der Waals surface area contributed by atoms with Gasteiger partial charge in [0.15, 0.2) is 0 Å². The Labute approximate surface area is 400 Å². The summed E-state index contributed by atoms with van der Waals surface area (Å²) in [5.41, 5.74) is 16.2. The summed E-state index contributed by atoms with van der Waals surface area (Å²) < 4.78 is 8.93. The van der Waals surface area contributed by atoms with Crippen LogP contribution in [0, 0.1) is 0 Å². The first-order valence-electron chi connectivity index (χ1n) is 24.1. The van der Waals surface area contributed by atoms with Crippen LogP contribution in [0.5, 0.6) is 0 Å². The Bertz CT molecular complexity index is 4320. The van der Waals surface area contributed by atoms with Gasteiger partial charge in [0.05, 0.1) is 22.1 Å². The summed E-state index contributed by atoms with van der Waals surface area (Å²) in [6, 6.07) is 86.4. The number of hydrogen-bond donors (Lipinski definition) is 0. The average Bonchev–Trinajstić information content (AvgIpc) is 3.94. The second-order valence-corrected chi connectivity index (χ2v) is 23.9. The van der Waals surface area contributed by atoms with Gasteiger partial charge in [0.1, 0.15) is 19.2 Å². The summed E-state index contributed by atoms with van der Waals surface area (Å²) in [4.78, 5) is 2.49. The number of aromatic nitrogens is 1. The topological polar surface area (TPSA) is 21.3 Å². The van der Waals surface area contributed by atoms with Crippen LogP contribution in [0.1, 0.15) is 22.3 Å². The lowest BCUT2D eigenvalue weighted by Crippen LogP contribution is -2.63. The minimum absolute atomic E-state index is 0.519. The molecule has 0 radical (unpaired) electrons. The fourth-order valence-electron chi connectivity index (χ4n) is 12.9. The van der Waals surface area contributed by atoms with E-state index in [9.17, 15) is 0 Å². The summed E-state index contributed by atoms with van der Waals surface area (Å²) in [5, 5.41) is 12.7. The highest BCUT2D eigenvalue weighted by atomic mass is 28.3. The predicted molar refractivity (Wildman–Crippen MR) is 292 cm³/mol. The van der Waals surface area contributed by atoms with Gasteiger partial charge in [-0.25, -0.2) is 0 Å². The largest absolute Gasteiger partial charge is 0.456 e. The maximum Gasteiger partial charge on any atom is 0.135 e. The summed E-state index contributed by atoms with van der Waals surface area (Å²) in [6.07, 6.45) is 0. The molecule has 1 aliphatic heterocycles. The molecule has 3 nitrogen and oxygen atoms in total. The van der Waals surface area contributed by atoms with Crippen LogP contribution in [0.4, 0.5) is 17.1 Å². The van der Waals surface area contributed by atoms with Gasteiger partial charge < -0.3 is 13.9 Å². The number of anilines is 3. The van der Waals surface area contributed by atoms with Crippen LogP contribution in [0.2, 0.25) is 13.1 Å². The molecule has 324 valence electrons. The number of nitrogens with zero attached hydrogens (tertiary/aromatic N) is 2. The highest BCUT2D eigenvalue weighted by Crippen LogP contribution is 2.56. The molecule has 1 unspecified atom stereocenters. The normalized spacial score (nSPS) is 15.6. The highest BCUT2D eigenvalue weighted by molar-refractivity contribution is 7.01. The molecule has 1 spiro atoms. The highest BCUT2D eigenvalue weighted by Gasteiger charge is 2.52. The van der Waals surface area contributed by atoms with Crippen molar-refractivity contribution < 1.29 is 4.42 Å². The summed E-state index contributed by atoms with van der Waals surface area (Å²) in [6.45, 7) is 5.13. The van der Waals surface area contributed by atoms with E-state index in [0.717, 1.165) is 44.5 Å². The van der Waals surface area contributed by atoms with Gasteiger partial charge in [-0.05, 0) is 121 Å². The van der Waals surface area contributed by atoms with Gasteiger partial charge >= 0.3 is 0 Å². The van der Waals surface area contributed by atoms with Gasteiger partial charge in [0, 0.05) is 44.0 Å². The predicted octanol–water partition coefficient (Wildman–Crippen LogP) is 16.0. The van der Waals surface area contributed by atoms with Crippen molar-refractivity contribution in [3.8, 4) is 16.8 Å². The smallest absolute Gasteiger partial charge is 0.135 e. The fourth-order valence-corrected chi connectivity index (χ4v) is 16.1. The maximum absolute atomic E-state index is 6.45. The van der Waals surface area contributed by atoms with E-state index in [-0.39, 0.29) is 0 Å². The van der Waals surface area contributed by atoms with Crippen LogP contribution in [0.15, 0.2) is 235 Å². The van der Waals surface area contributed by atoms with Crippen molar-refractivity contribution in [3.05, 3.63) is 253 Å². The SMILES string of the molecule is C[Si]1(C)c2ccccc2C2(c3ccccc3-c3cccc4cccc2c34)c2ccc(N(c3ccc4oc5ccccc5c4c3)c3ccc4c5ccccc5n(-c5cccc6ccccc56)c4c3)cc21. The van der Waals surface area contributed by atoms with Crippen LogP contribution in [0.3, 0.4) is 0 Å². The van der Waals surface area contributed by atoms with Crippen molar-refractivity contribution >= 4 is 101 Å². The number of furan rings is 1. The Kier molecular flexibility index (Phi) is 7.87. The Morgan fingerprint density at radius 1 is 0.391 bits per heavy atom. The van der Waals surface area contributed by atoms with Gasteiger partial charge in [-0.2, -0.15) is 0 Å². The molecule has 4 heteroatoms. The molecule has 3 heterocycles. The molecule has 0 bridgehead atoms. The van der Waals surface area contributed by atoms with Crippen molar-refractivity contribution in [2.45, 2.75) is 18.5 Å². The van der Waals surface area contributed by atoms with Gasteiger partial charge in [0.25, 0.3) is 0 Å². The molecular formula is C65H44N2OSi. The molecule has 0 saturated carbocycles. The molecule has 69 heavy (non-hydrogen) atoms. The standard InChI is InChI=1S/C65H44N2OSi/c1-69(2)62-31-12-9-26-54(62)65(53-25-8-5-21-47(53)51-24-13-18-42-19-14-27-56(65)64(42)51)55-36-33-45(40-63(55)69)66(43-34-37-61-52(38-43)50-23-7-11-30-60(50)68-61)44-32-35-49-48-22-6-10-28-58(48)67(59(49)39-44)57-29-15-17-41-16-3-4-20-46(41)57/h3-40H,1-2H3. The van der Waals surface area contributed by atoms with Crippen molar-refractivity contribution in [3.63, 3.8) is 0 Å². The number of rotatable bonds is 4. The van der Waals surface area contributed by atoms with E-state index in [0.29, 0.717) is 0 Å². The Morgan fingerprint density at radius 2 is 0.986 bits per heavy atom. The number of fused-ring (bicyclic) bond motifs is 15. The van der Waals surface area contributed by atoms with Crippen molar-refractivity contribution in [2.75, 3.05) is 4.90 Å². The Hall–Kier alpha value is -8.44. The summed E-state index contributed by atoms with van der Waals surface area (Å²) in [5.74, 6) is 0. The molecule has 0 amide bonds. The lowest BCUT2D eigenvalue weighted by atomic mass is 9.59. The maximum atomic E-state index is 6.45. The molecule has 11 aromatic carbocycles. The molecule has 2 aliphatic rings. The number of benzene rings is 11. The van der Waals surface area contributed by atoms with E-state index >= 15 is 0 Å². The minimum Gasteiger partial charge on any atom is -0.456 e. The van der Waals surface area contributed by atoms with E-state index in [1.165, 1.54) is 87.3 Å². The monoisotopic (exact) mass is 896 g/mol. The molecule has 2 aromatic heterocycles. The second-order valence-electron chi connectivity index (χ2n) is 19.6. The van der Waals surface area contributed by atoms with E-state index in [2.05, 4.69) is 253 Å². The molecule has 15 rings (SSSR count). The summed E-state index contributed by atoms with van der Waals surface area (Å²) in [7, 11) is -2.38. The van der Waals surface area contributed by atoms with Gasteiger partial charge in [-0.15, -0.1) is 0 Å². The van der Waals surface area contributed by atoms with E-state index < -0.39 is 13.5 Å². The lowest BCUT2D eigenvalue weighted by molar-refractivity contribution is 0.669. The van der Waals surface area contributed by atoms with E-state index in [1.807, 2.05) is 0 Å². The lowest BCUT2D eigenvalue weighted by Gasteiger charge is -2.50. The van der Waals surface area contributed by atoms with E-state index in [1.54, 1.807) is 0 Å². The average molecular weight is 897 g/mol. The van der Waals surface area contributed by atoms with Crippen molar-refractivity contribution in [2.24, 2.45) is 0 Å². The summed E-state index contributed by atoms with van der Waals surface area (Å²) >= 11 is 0. The van der Waals surface area contributed by atoms with Crippen LogP contribution < -0.4 is 15.3 Å². The van der Waals surface area contributed by atoms with E-state index in [4.69, 9.17) is 4.42 Å². The van der Waals surface area contributed by atoms with Crippen molar-refractivity contribution in [1.29, 1.82) is 0 Å². The first-order valence-corrected chi connectivity index (χ1v) is 27.1. The van der Waals surface area contributed by atoms with Crippen molar-refractivity contribution in [1.82, 2.24) is 4.57 Å². The molecule has 1 atom stereocenters. The molecule has 13 aromatic rings. The first kappa shape index (κ1) is 38.6. The van der Waals surface area contributed by atoms with Crippen LogP contribution in [-0.2, 0) is 5.41 Å². The first-order chi connectivity index (χ1) is 34.0. The van der Waals surface area contributed by atoms with Crippen LogP contribution in [0.25, 0.3) is 82.1 Å². The second kappa shape index (κ2) is 14.1. The molecule has 0 fully saturated rings. The Balaban J connectivity index is 1.03. The molecule has 0 N–H and O–H groups in total. The zero-order valence-electron chi connectivity index (χ0n) is 38.2. The van der Waals surface area contributed by atoms with Crippen LogP contribution in [-0.4, -0.2) is 12.6 Å². The Morgan fingerprint density at radius 3 is 1.90 bits per heavy atom. The third kappa shape index (κ3) is 5.16. The number of para-hydroxylation sites is 2. The fraction of sp³-hybridized carbons (Fsp3) is 0.0462. The molecular weight excluding hydrogens is 853 g/mol. The quantitative estimate of drug-likeness (QED) is 0.164. The number of hydrogen-bond acceptors (Lipinski definition) is 2. The van der Waals surface area contributed by atoms with Gasteiger partial charge in [-0.3, -0.25) is 0 Å². The third-order valence-corrected chi connectivity index (χ3v) is 19.4. The molecule has 1 aliphatic carbocycles. The van der Waals surface area contributed by atoms with Gasteiger partial charge in [-0.1, -0.05) is 183 Å². The zero-order chi connectivity index (χ0) is 45.6. The van der Waals surface area contributed by atoms with Gasteiger partial charge in [0.2, 0.25) is 0 Å².